The molecule has 3 nitrogen and oxygen atoms in total. The predicted molar refractivity (Wildman–Crippen MR) is 84.7 cm³/mol. The Kier molecular flexibility index (Phi) is 4.58. The van der Waals surface area contributed by atoms with Crippen molar-refractivity contribution in [1.29, 1.82) is 0 Å². The second-order valence-corrected chi connectivity index (χ2v) is 7.61. The molecular weight excluding hydrogens is 246 g/mol. The Morgan fingerprint density at radius 2 is 1.85 bits per heavy atom. The number of nitrogens with one attached hydrogen (secondary N) is 1. The fourth-order valence-corrected chi connectivity index (χ4v) is 3.51. The normalized spacial score (nSPS) is 25.7. The maximum atomic E-state index is 4.35. The summed E-state index contributed by atoms with van der Waals surface area (Å²) in [6.07, 6.45) is 7.35. The minimum atomic E-state index is 0.403. The van der Waals surface area contributed by atoms with Crippen LogP contribution in [0.25, 0.3) is 0 Å². The Balaban J connectivity index is 1.88. The summed E-state index contributed by atoms with van der Waals surface area (Å²) in [5.74, 6) is 0.885. The predicted octanol–water partition coefficient (Wildman–Crippen LogP) is 3.98. The largest absolute Gasteiger partial charge is 0.307 e. The van der Waals surface area contributed by atoms with Crippen LogP contribution in [0.5, 0.6) is 0 Å². The van der Waals surface area contributed by atoms with Gasteiger partial charge in [-0.25, -0.2) is 0 Å². The van der Waals surface area contributed by atoms with E-state index < -0.39 is 0 Å². The molecule has 0 bridgehead atoms. The maximum absolute atomic E-state index is 4.35. The van der Waals surface area contributed by atoms with Crippen molar-refractivity contribution >= 4 is 0 Å². The molecule has 1 aliphatic rings. The second kappa shape index (κ2) is 5.88. The molecule has 1 unspecified atom stereocenters. The molecule has 1 N–H and O–H groups in total. The molecular formula is C17H31N3. The van der Waals surface area contributed by atoms with Gasteiger partial charge >= 0.3 is 0 Å². The molecule has 1 aliphatic carbocycles. The first-order valence-corrected chi connectivity index (χ1v) is 8.03. The van der Waals surface area contributed by atoms with Gasteiger partial charge in [0.05, 0.1) is 6.20 Å². The van der Waals surface area contributed by atoms with E-state index in [-0.39, 0.29) is 0 Å². The summed E-state index contributed by atoms with van der Waals surface area (Å²) in [5.41, 5.74) is 3.08. The van der Waals surface area contributed by atoms with Crippen molar-refractivity contribution in [3.8, 4) is 0 Å². The maximum Gasteiger partial charge on any atom is 0.0540 e. The molecule has 114 valence electrons. The number of rotatable bonds is 3. The topological polar surface area (TPSA) is 29.9 Å². The van der Waals surface area contributed by atoms with E-state index in [0.717, 1.165) is 5.92 Å². The molecule has 1 aromatic rings. The van der Waals surface area contributed by atoms with Crippen molar-refractivity contribution < 1.29 is 0 Å². The Morgan fingerprint density at radius 3 is 2.30 bits per heavy atom. The molecule has 0 radical (unpaired) electrons. The number of aromatic nitrogens is 2. The van der Waals surface area contributed by atoms with Gasteiger partial charge in [0.25, 0.3) is 0 Å². The summed E-state index contributed by atoms with van der Waals surface area (Å²) < 4.78 is 1.96. The highest BCUT2D eigenvalue weighted by Crippen LogP contribution is 2.38. The van der Waals surface area contributed by atoms with Crippen molar-refractivity contribution in [3.05, 3.63) is 17.5 Å². The van der Waals surface area contributed by atoms with Gasteiger partial charge < -0.3 is 5.32 Å². The van der Waals surface area contributed by atoms with Crippen molar-refractivity contribution in [2.45, 2.75) is 72.4 Å². The average Bonchev–Trinajstić information content (AvgIpc) is 2.69. The summed E-state index contributed by atoms with van der Waals surface area (Å²) in [7, 11) is 2.01. The lowest BCUT2D eigenvalue weighted by molar-refractivity contribution is 0.157. The van der Waals surface area contributed by atoms with Crippen LogP contribution in [-0.2, 0) is 7.05 Å². The molecule has 1 saturated carbocycles. The highest BCUT2D eigenvalue weighted by molar-refractivity contribution is 5.19. The minimum absolute atomic E-state index is 0.403. The molecule has 3 heteroatoms. The van der Waals surface area contributed by atoms with E-state index in [0.29, 0.717) is 17.5 Å². The fourth-order valence-electron chi connectivity index (χ4n) is 3.51. The fraction of sp³-hybridized carbons (Fsp3) is 0.824. The first-order valence-electron chi connectivity index (χ1n) is 8.03. The number of hydrogen-bond donors (Lipinski definition) is 1. The first kappa shape index (κ1) is 15.6. The summed E-state index contributed by atoms with van der Waals surface area (Å²) in [6.45, 7) is 11.6. The van der Waals surface area contributed by atoms with Gasteiger partial charge in [0.15, 0.2) is 0 Å². The van der Waals surface area contributed by atoms with Crippen LogP contribution in [0, 0.1) is 18.3 Å². The molecule has 2 rings (SSSR count). The van der Waals surface area contributed by atoms with Crippen LogP contribution in [0.3, 0.4) is 0 Å². The average molecular weight is 277 g/mol. The summed E-state index contributed by atoms with van der Waals surface area (Å²) in [5, 5.41) is 8.16. The molecule has 0 aliphatic heterocycles. The number of nitrogens with zero attached hydrogens (tertiary/aromatic N) is 2. The van der Waals surface area contributed by atoms with Gasteiger partial charge in [0.2, 0.25) is 0 Å². The number of hydrogen-bond acceptors (Lipinski definition) is 2. The lowest BCUT2D eigenvalue weighted by atomic mass is 9.71. The van der Waals surface area contributed by atoms with Gasteiger partial charge in [-0.1, -0.05) is 20.8 Å². The first-order chi connectivity index (χ1) is 9.29. The summed E-state index contributed by atoms with van der Waals surface area (Å²) >= 11 is 0. The van der Waals surface area contributed by atoms with Crippen molar-refractivity contribution in [3.63, 3.8) is 0 Å². The molecule has 1 heterocycles. The lowest BCUT2D eigenvalue weighted by Crippen LogP contribution is -2.37. The van der Waals surface area contributed by atoms with Crippen LogP contribution >= 0.6 is 0 Å². The third-order valence-corrected chi connectivity index (χ3v) is 5.18. The van der Waals surface area contributed by atoms with Crippen molar-refractivity contribution in [2.24, 2.45) is 18.4 Å². The third-order valence-electron chi connectivity index (χ3n) is 5.18. The van der Waals surface area contributed by atoms with Gasteiger partial charge in [-0.15, -0.1) is 0 Å². The molecule has 0 aromatic carbocycles. The highest BCUT2D eigenvalue weighted by atomic mass is 15.3. The van der Waals surface area contributed by atoms with E-state index >= 15 is 0 Å². The standard InChI is InChI=1S/C17H31N3/c1-12(16-11-18-20(6)13(16)2)19-15-9-7-14(8-10-15)17(3,4)5/h11-12,14-15,19H,7-10H2,1-6H3. The van der Waals surface area contributed by atoms with Crippen LogP contribution < -0.4 is 5.32 Å². The Morgan fingerprint density at radius 1 is 1.25 bits per heavy atom. The van der Waals surface area contributed by atoms with E-state index in [1.165, 1.54) is 36.9 Å². The Hall–Kier alpha value is -0.830. The molecule has 0 spiro atoms. The summed E-state index contributed by atoms with van der Waals surface area (Å²) in [4.78, 5) is 0. The highest BCUT2D eigenvalue weighted by Gasteiger charge is 2.30. The molecule has 1 fully saturated rings. The van der Waals surface area contributed by atoms with Gasteiger partial charge in [0, 0.05) is 30.4 Å². The van der Waals surface area contributed by atoms with E-state index in [1.54, 1.807) is 0 Å². The van der Waals surface area contributed by atoms with Gasteiger partial charge in [-0.05, 0) is 50.9 Å². The minimum Gasteiger partial charge on any atom is -0.307 e. The zero-order valence-electron chi connectivity index (χ0n) is 14.0. The molecule has 1 aromatic heterocycles. The van der Waals surface area contributed by atoms with Gasteiger partial charge in [0.1, 0.15) is 0 Å². The van der Waals surface area contributed by atoms with Crippen LogP contribution in [-0.4, -0.2) is 15.8 Å². The molecule has 1 atom stereocenters. The second-order valence-electron chi connectivity index (χ2n) is 7.61. The van der Waals surface area contributed by atoms with Gasteiger partial charge in [-0.2, -0.15) is 5.10 Å². The zero-order valence-corrected chi connectivity index (χ0v) is 14.0. The summed E-state index contributed by atoms with van der Waals surface area (Å²) in [6, 6.07) is 1.07. The number of aryl methyl sites for hydroxylation is 1. The Bertz CT molecular complexity index is 434. The van der Waals surface area contributed by atoms with E-state index in [1.807, 2.05) is 17.9 Å². The van der Waals surface area contributed by atoms with Crippen LogP contribution in [0.15, 0.2) is 6.20 Å². The zero-order chi connectivity index (χ0) is 14.9. The smallest absolute Gasteiger partial charge is 0.0540 e. The molecule has 0 amide bonds. The van der Waals surface area contributed by atoms with E-state index in [9.17, 15) is 0 Å². The van der Waals surface area contributed by atoms with E-state index in [4.69, 9.17) is 0 Å². The molecule has 0 saturated heterocycles. The quantitative estimate of drug-likeness (QED) is 0.905. The van der Waals surface area contributed by atoms with Crippen LogP contribution in [0.2, 0.25) is 0 Å². The van der Waals surface area contributed by atoms with E-state index in [2.05, 4.69) is 45.0 Å². The third kappa shape index (κ3) is 3.43. The molecule has 20 heavy (non-hydrogen) atoms. The Labute approximate surface area is 124 Å². The lowest BCUT2D eigenvalue weighted by Gasteiger charge is -2.38. The van der Waals surface area contributed by atoms with Crippen LogP contribution in [0.4, 0.5) is 0 Å². The van der Waals surface area contributed by atoms with Gasteiger partial charge in [-0.3, -0.25) is 4.68 Å². The monoisotopic (exact) mass is 277 g/mol. The van der Waals surface area contributed by atoms with Crippen molar-refractivity contribution in [1.82, 2.24) is 15.1 Å². The SMILES string of the molecule is Cc1c(C(C)NC2CCC(C(C)(C)C)CC2)cnn1C. The van der Waals surface area contributed by atoms with Crippen LogP contribution in [0.1, 0.15) is 70.7 Å². The van der Waals surface area contributed by atoms with Crippen molar-refractivity contribution in [2.75, 3.05) is 0 Å².